The molecular weight excluding hydrogens is 234 g/mol. The first-order valence-electron chi connectivity index (χ1n) is 6.17. The Morgan fingerprint density at radius 3 is 2.05 bits per heavy atom. The average molecular weight is 251 g/mol. The second-order valence-electron chi connectivity index (χ2n) is 4.42. The van der Waals surface area contributed by atoms with E-state index in [0.29, 0.717) is 0 Å². The van der Waals surface area contributed by atoms with Crippen LogP contribution in [0.25, 0.3) is 0 Å². The van der Waals surface area contributed by atoms with Gasteiger partial charge in [0.15, 0.2) is 0 Å². The minimum atomic E-state index is -0.845. The zero-order valence-corrected chi connectivity index (χ0v) is 11.0. The van der Waals surface area contributed by atoms with Crippen LogP contribution in [0.4, 0.5) is 5.69 Å². The Kier molecular flexibility index (Phi) is 3.89. The van der Waals surface area contributed by atoms with Gasteiger partial charge < -0.3 is 10.0 Å². The van der Waals surface area contributed by atoms with Crippen molar-refractivity contribution >= 4 is 5.69 Å². The summed E-state index contributed by atoms with van der Waals surface area (Å²) in [5.41, 5.74) is 1.03. The van der Waals surface area contributed by atoms with Gasteiger partial charge in [-0.05, 0) is 17.7 Å². The topological polar surface area (TPSA) is 23.5 Å². The number of anilines is 1. The number of aliphatic hydroxyl groups excluding tert-OH is 1. The molecule has 2 heteroatoms. The van der Waals surface area contributed by atoms with Crippen molar-refractivity contribution in [2.75, 3.05) is 18.6 Å². The third-order valence-electron chi connectivity index (χ3n) is 3.44. The minimum Gasteiger partial charge on any atom is -0.392 e. The number of hydrogen-bond acceptors (Lipinski definition) is 2. The van der Waals surface area contributed by atoms with Crippen molar-refractivity contribution in [3.8, 4) is 12.3 Å². The molecule has 0 heterocycles. The van der Waals surface area contributed by atoms with Crippen molar-refractivity contribution in [3.63, 3.8) is 0 Å². The number of aliphatic hydroxyl groups is 1. The molecule has 2 nitrogen and oxygen atoms in total. The minimum absolute atomic E-state index is 0.140. The normalized spacial score (nSPS) is 13.3. The first kappa shape index (κ1) is 13.2. The molecular formula is C17H17NO. The van der Waals surface area contributed by atoms with Crippen molar-refractivity contribution in [1.82, 2.24) is 0 Å². The summed E-state index contributed by atoms with van der Waals surface area (Å²) < 4.78 is 0. The average Bonchev–Trinajstić information content (AvgIpc) is 2.51. The highest BCUT2D eigenvalue weighted by Crippen LogP contribution is 2.30. The van der Waals surface area contributed by atoms with Gasteiger partial charge in [-0.3, -0.25) is 0 Å². The van der Waals surface area contributed by atoms with Gasteiger partial charge in [-0.1, -0.05) is 54.5 Å². The van der Waals surface area contributed by atoms with Gasteiger partial charge in [0.25, 0.3) is 0 Å². The van der Waals surface area contributed by atoms with Crippen LogP contribution in [-0.2, 0) is 5.54 Å². The highest BCUT2D eigenvalue weighted by Gasteiger charge is 2.34. The van der Waals surface area contributed by atoms with E-state index in [2.05, 4.69) is 5.92 Å². The van der Waals surface area contributed by atoms with Crippen molar-refractivity contribution < 1.29 is 5.11 Å². The smallest absolute Gasteiger partial charge is 0.150 e. The monoisotopic (exact) mass is 251 g/mol. The molecule has 2 aromatic carbocycles. The molecule has 0 aliphatic carbocycles. The molecule has 2 rings (SSSR count). The van der Waals surface area contributed by atoms with Crippen molar-refractivity contribution in [3.05, 3.63) is 66.2 Å². The predicted octanol–water partition coefficient (Wildman–Crippen LogP) is 2.64. The molecule has 0 bridgehead atoms. The Balaban J connectivity index is 2.50. The number of terminal acetylenes is 1. The summed E-state index contributed by atoms with van der Waals surface area (Å²) >= 11 is 0. The summed E-state index contributed by atoms with van der Waals surface area (Å²) in [6, 6.07) is 19.5. The van der Waals surface area contributed by atoms with E-state index in [4.69, 9.17) is 6.42 Å². The molecule has 0 aromatic heterocycles. The van der Waals surface area contributed by atoms with Crippen molar-refractivity contribution in [2.45, 2.75) is 5.54 Å². The Morgan fingerprint density at radius 1 is 1.05 bits per heavy atom. The van der Waals surface area contributed by atoms with Crippen LogP contribution < -0.4 is 4.90 Å². The van der Waals surface area contributed by atoms with Crippen LogP contribution in [-0.4, -0.2) is 18.8 Å². The van der Waals surface area contributed by atoms with E-state index in [9.17, 15) is 5.11 Å². The van der Waals surface area contributed by atoms with E-state index < -0.39 is 5.54 Å². The molecule has 2 aromatic rings. The SMILES string of the molecule is C#C[C@](CO)(c1ccccc1)N(C)c1ccccc1. The third-order valence-corrected chi connectivity index (χ3v) is 3.44. The molecule has 0 spiro atoms. The summed E-state index contributed by atoms with van der Waals surface area (Å²) in [7, 11) is 1.90. The van der Waals surface area contributed by atoms with E-state index in [1.807, 2.05) is 72.6 Å². The zero-order chi connectivity index (χ0) is 13.7. The van der Waals surface area contributed by atoms with Crippen LogP contribution >= 0.6 is 0 Å². The van der Waals surface area contributed by atoms with Crippen LogP contribution in [0.3, 0.4) is 0 Å². The van der Waals surface area contributed by atoms with E-state index >= 15 is 0 Å². The molecule has 19 heavy (non-hydrogen) atoms. The fourth-order valence-electron chi connectivity index (χ4n) is 2.20. The molecule has 1 atom stereocenters. The molecule has 0 aliphatic heterocycles. The number of para-hydroxylation sites is 1. The molecule has 0 aliphatic rings. The van der Waals surface area contributed by atoms with E-state index in [0.717, 1.165) is 11.3 Å². The largest absolute Gasteiger partial charge is 0.392 e. The Hall–Kier alpha value is -2.24. The highest BCUT2D eigenvalue weighted by molar-refractivity contribution is 5.54. The number of hydrogen-bond donors (Lipinski definition) is 1. The van der Waals surface area contributed by atoms with Crippen molar-refractivity contribution in [2.24, 2.45) is 0 Å². The lowest BCUT2D eigenvalue weighted by molar-refractivity contribution is 0.229. The lowest BCUT2D eigenvalue weighted by Gasteiger charge is -2.38. The Labute approximate surface area is 114 Å². The van der Waals surface area contributed by atoms with Crippen LogP contribution in [0.2, 0.25) is 0 Å². The lowest BCUT2D eigenvalue weighted by Crippen LogP contribution is -2.46. The van der Waals surface area contributed by atoms with Gasteiger partial charge in [0.05, 0.1) is 6.61 Å². The summed E-state index contributed by atoms with van der Waals surface area (Å²) in [4.78, 5) is 1.93. The summed E-state index contributed by atoms with van der Waals surface area (Å²) in [5.74, 6) is 2.76. The predicted molar refractivity (Wildman–Crippen MR) is 78.9 cm³/mol. The summed E-state index contributed by atoms with van der Waals surface area (Å²) in [6.07, 6.45) is 5.74. The first-order chi connectivity index (χ1) is 9.24. The molecule has 96 valence electrons. The summed E-state index contributed by atoms with van der Waals surface area (Å²) in [6.45, 7) is -0.140. The van der Waals surface area contributed by atoms with Crippen molar-refractivity contribution in [1.29, 1.82) is 0 Å². The Morgan fingerprint density at radius 2 is 1.58 bits per heavy atom. The third kappa shape index (κ3) is 2.33. The maximum Gasteiger partial charge on any atom is 0.150 e. The second kappa shape index (κ2) is 5.60. The van der Waals surface area contributed by atoms with Gasteiger partial charge in [0.1, 0.15) is 5.54 Å². The number of rotatable bonds is 4. The van der Waals surface area contributed by atoms with Gasteiger partial charge >= 0.3 is 0 Å². The second-order valence-corrected chi connectivity index (χ2v) is 4.42. The van der Waals surface area contributed by atoms with Gasteiger partial charge in [0, 0.05) is 12.7 Å². The van der Waals surface area contributed by atoms with Gasteiger partial charge in [-0.15, -0.1) is 6.42 Å². The Bertz CT molecular complexity index is 559. The zero-order valence-electron chi connectivity index (χ0n) is 11.0. The highest BCUT2D eigenvalue weighted by atomic mass is 16.3. The van der Waals surface area contributed by atoms with Crippen LogP contribution in [0.1, 0.15) is 5.56 Å². The fraction of sp³-hybridized carbons (Fsp3) is 0.176. The van der Waals surface area contributed by atoms with Gasteiger partial charge in [0.2, 0.25) is 0 Å². The number of benzene rings is 2. The van der Waals surface area contributed by atoms with Crippen LogP contribution in [0, 0.1) is 12.3 Å². The lowest BCUT2D eigenvalue weighted by atomic mass is 9.89. The van der Waals surface area contributed by atoms with E-state index in [1.165, 1.54) is 0 Å². The molecule has 0 amide bonds. The maximum absolute atomic E-state index is 9.88. The number of likely N-dealkylation sites (N-methyl/N-ethyl adjacent to an activating group) is 1. The van der Waals surface area contributed by atoms with Gasteiger partial charge in [-0.25, -0.2) is 0 Å². The van der Waals surface area contributed by atoms with Gasteiger partial charge in [-0.2, -0.15) is 0 Å². The molecule has 0 fully saturated rings. The van der Waals surface area contributed by atoms with E-state index in [-0.39, 0.29) is 6.61 Å². The molecule has 0 unspecified atom stereocenters. The molecule has 0 saturated heterocycles. The van der Waals surface area contributed by atoms with Crippen LogP contribution in [0.5, 0.6) is 0 Å². The first-order valence-corrected chi connectivity index (χ1v) is 6.17. The van der Waals surface area contributed by atoms with Crippen LogP contribution in [0.15, 0.2) is 60.7 Å². The van der Waals surface area contributed by atoms with E-state index in [1.54, 1.807) is 0 Å². The standard InChI is InChI=1S/C17H17NO/c1-3-17(14-19,15-10-6-4-7-11-15)18(2)16-12-8-5-9-13-16/h1,4-13,19H,14H2,2H3/t17-/m0/s1. The molecule has 1 N–H and O–H groups in total. The fourth-order valence-corrected chi connectivity index (χ4v) is 2.20. The number of nitrogens with zero attached hydrogens (tertiary/aromatic N) is 1. The quantitative estimate of drug-likeness (QED) is 0.844. The molecule has 0 saturated carbocycles. The summed E-state index contributed by atoms with van der Waals surface area (Å²) in [5, 5.41) is 9.88. The maximum atomic E-state index is 9.88. The molecule has 0 radical (unpaired) electrons.